The molecule has 0 saturated heterocycles. The van der Waals surface area contributed by atoms with Crippen LogP contribution in [0.5, 0.6) is 5.75 Å². The third-order valence-corrected chi connectivity index (χ3v) is 3.66. The summed E-state index contributed by atoms with van der Waals surface area (Å²) in [6.45, 7) is 3.71. The Morgan fingerprint density at radius 3 is 2.74 bits per heavy atom. The molecule has 1 aromatic carbocycles. The van der Waals surface area contributed by atoms with E-state index in [4.69, 9.17) is 9.84 Å². The van der Waals surface area contributed by atoms with Gasteiger partial charge in [-0.1, -0.05) is 26.0 Å². The van der Waals surface area contributed by atoms with Gasteiger partial charge in [-0.2, -0.15) is 5.26 Å². The van der Waals surface area contributed by atoms with Crippen molar-refractivity contribution in [1.82, 2.24) is 0 Å². The van der Waals surface area contributed by atoms with E-state index in [1.54, 1.807) is 14.0 Å². The number of nitrogens with zero attached hydrogens (tertiary/aromatic N) is 1. The number of rotatable bonds is 6. The minimum Gasteiger partial charge on any atom is -0.497 e. The molecule has 0 radical (unpaired) electrons. The molecule has 0 aliphatic rings. The predicted octanol–water partition coefficient (Wildman–Crippen LogP) is 2.98. The second-order valence-corrected chi connectivity index (χ2v) is 4.67. The molecule has 0 saturated carbocycles. The number of hydrogen-bond donors (Lipinski definition) is 1. The van der Waals surface area contributed by atoms with Crippen LogP contribution in [0.15, 0.2) is 24.3 Å². The number of nitriles is 1. The van der Waals surface area contributed by atoms with Gasteiger partial charge in [0.1, 0.15) is 5.75 Å². The van der Waals surface area contributed by atoms with Crippen LogP contribution in [0.1, 0.15) is 32.3 Å². The summed E-state index contributed by atoms with van der Waals surface area (Å²) in [5.74, 6) is -0.483. The molecule has 2 atom stereocenters. The van der Waals surface area contributed by atoms with Crippen molar-refractivity contribution in [3.05, 3.63) is 29.8 Å². The molecule has 0 amide bonds. The summed E-state index contributed by atoms with van der Waals surface area (Å²) in [4.78, 5) is 10.9. The Balaban J connectivity index is 3.25. The Morgan fingerprint density at radius 1 is 1.58 bits per heavy atom. The van der Waals surface area contributed by atoms with Crippen LogP contribution in [-0.2, 0) is 10.2 Å². The molecule has 102 valence electrons. The van der Waals surface area contributed by atoms with Gasteiger partial charge in [-0.25, -0.2) is 0 Å². The summed E-state index contributed by atoms with van der Waals surface area (Å²) < 4.78 is 5.17. The van der Waals surface area contributed by atoms with E-state index in [0.29, 0.717) is 12.2 Å². The van der Waals surface area contributed by atoms with Crippen molar-refractivity contribution in [2.45, 2.75) is 32.1 Å². The largest absolute Gasteiger partial charge is 0.497 e. The van der Waals surface area contributed by atoms with Crippen molar-refractivity contribution in [3.8, 4) is 11.8 Å². The number of ether oxygens (including phenoxy) is 1. The molecule has 0 aliphatic heterocycles. The third-order valence-electron chi connectivity index (χ3n) is 3.66. The number of hydrogen-bond acceptors (Lipinski definition) is 3. The molecule has 0 spiro atoms. The van der Waals surface area contributed by atoms with E-state index in [1.165, 1.54) is 0 Å². The number of benzene rings is 1. The number of carboxylic acid groups (broad SMARTS) is 1. The molecule has 4 heteroatoms. The first-order valence-corrected chi connectivity index (χ1v) is 6.27. The molecule has 0 fully saturated rings. The first-order chi connectivity index (χ1) is 9.00. The van der Waals surface area contributed by atoms with Crippen LogP contribution in [0.2, 0.25) is 0 Å². The quantitative estimate of drug-likeness (QED) is 0.854. The molecule has 0 bridgehead atoms. The highest BCUT2D eigenvalue weighted by Gasteiger charge is 2.38. The zero-order valence-corrected chi connectivity index (χ0v) is 11.5. The van der Waals surface area contributed by atoms with E-state index in [-0.39, 0.29) is 12.3 Å². The van der Waals surface area contributed by atoms with Gasteiger partial charge in [0.2, 0.25) is 0 Å². The van der Waals surface area contributed by atoms with E-state index in [1.807, 2.05) is 31.2 Å². The maximum absolute atomic E-state index is 10.9. The zero-order chi connectivity index (χ0) is 14.5. The van der Waals surface area contributed by atoms with Crippen LogP contribution in [0, 0.1) is 17.2 Å². The van der Waals surface area contributed by atoms with Crippen LogP contribution in [0.4, 0.5) is 0 Å². The number of methoxy groups -OCH3 is 1. The lowest BCUT2D eigenvalue weighted by Crippen LogP contribution is -2.33. The fourth-order valence-electron chi connectivity index (χ4n) is 2.43. The van der Waals surface area contributed by atoms with Crippen LogP contribution < -0.4 is 4.74 Å². The van der Waals surface area contributed by atoms with Gasteiger partial charge in [-0.05, 0) is 30.0 Å². The summed E-state index contributed by atoms with van der Waals surface area (Å²) in [6.07, 6.45) is 0.531. The summed E-state index contributed by atoms with van der Waals surface area (Å²) in [5.41, 5.74) is 0.0121. The second-order valence-electron chi connectivity index (χ2n) is 4.67. The standard InChI is InChI=1S/C15H19NO3/c1-4-15(10-16,11(2)8-14(17)18)12-6-5-7-13(9-12)19-3/h5-7,9,11H,4,8H2,1-3H3,(H,17,18). The van der Waals surface area contributed by atoms with E-state index in [2.05, 4.69) is 6.07 Å². The van der Waals surface area contributed by atoms with E-state index in [0.717, 1.165) is 5.56 Å². The zero-order valence-electron chi connectivity index (χ0n) is 11.5. The van der Waals surface area contributed by atoms with E-state index in [9.17, 15) is 10.1 Å². The first-order valence-electron chi connectivity index (χ1n) is 6.27. The highest BCUT2D eigenvalue weighted by molar-refractivity contribution is 5.67. The molecular formula is C15H19NO3. The van der Waals surface area contributed by atoms with Gasteiger partial charge in [-0.15, -0.1) is 0 Å². The average molecular weight is 261 g/mol. The normalized spacial score (nSPS) is 15.1. The van der Waals surface area contributed by atoms with Crippen LogP contribution >= 0.6 is 0 Å². The van der Waals surface area contributed by atoms with Crippen molar-refractivity contribution in [3.63, 3.8) is 0 Å². The summed E-state index contributed by atoms with van der Waals surface area (Å²) in [6, 6.07) is 9.62. The fraction of sp³-hybridized carbons (Fsp3) is 0.467. The lowest BCUT2D eigenvalue weighted by Gasteiger charge is -2.31. The highest BCUT2D eigenvalue weighted by atomic mass is 16.5. The van der Waals surface area contributed by atoms with Gasteiger partial charge in [0.05, 0.1) is 18.6 Å². The van der Waals surface area contributed by atoms with Crippen molar-refractivity contribution in [1.29, 1.82) is 5.26 Å². The topological polar surface area (TPSA) is 70.3 Å². The van der Waals surface area contributed by atoms with Gasteiger partial charge in [0.15, 0.2) is 0 Å². The Labute approximate surface area is 113 Å². The van der Waals surface area contributed by atoms with Crippen molar-refractivity contribution in [2.24, 2.45) is 5.92 Å². The highest BCUT2D eigenvalue weighted by Crippen LogP contribution is 2.38. The van der Waals surface area contributed by atoms with Crippen LogP contribution in [-0.4, -0.2) is 18.2 Å². The SMILES string of the molecule is CCC(C#N)(c1cccc(OC)c1)C(C)CC(=O)O. The second kappa shape index (κ2) is 6.24. The molecule has 1 N–H and O–H groups in total. The Morgan fingerprint density at radius 2 is 2.26 bits per heavy atom. The molecular weight excluding hydrogens is 242 g/mol. The minimum atomic E-state index is -0.886. The molecule has 4 nitrogen and oxygen atoms in total. The minimum absolute atomic E-state index is 0.0292. The third kappa shape index (κ3) is 3.05. The van der Waals surface area contributed by atoms with Gasteiger partial charge in [0.25, 0.3) is 0 Å². The fourth-order valence-corrected chi connectivity index (χ4v) is 2.43. The van der Waals surface area contributed by atoms with Crippen molar-refractivity contribution >= 4 is 5.97 Å². The number of carboxylic acids is 1. The smallest absolute Gasteiger partial charge is 0.303 e. The summed E-state index contributed by atoms with van der Waals surface area (Å²) in [7, 11) is 1.57. The van der Waals surface area contributed by atoms with Crippen molar-refractivity contribution in [2.75, 3.05) is 7.11 Å². The number of carbonyl (C=O) groups is 1. The Hall–Kier alpha value is -2.02. The van der Waals surface area contributed by atoms with Gasteiger partial charge in [-0.3, -0.25) is 4.79 Å². The van der Waals surface area contributed by atoms with Gasteiger partial charge < -0.3 is 9.84 Å². The summed E-state index contributed by atoms with van der Waals surface area (Å²) >= 11 is 0. The summed E-state index contributed by atoms with van der Waals surface area (Å²) in [5, 5.41) is 18.5. The first kappa shape index (κ1) is 15.0. The Kier molecular flexibility index (Phi) is 4.94. The molecule has 1 rings (SSSR count). The molecule has 0 aromatic heterocycles. The van der Waals surface area contributed by atoms with E-state index < -0.39 is 11.4 Å². The predicted molar refractivity (Wildman–Crippen MR) is 72.0 cm³/mol. The molecule has 19 heavy (non-hydrogen) atoms. The van der Waals surface area contributed by atoms with Gasteiger partial charge >= 0.3 is 5.97 Å². The lowest BCUT2D eigenvalue weighted by molar-refractivity contribution is -0.138. The maximum Gasteiger partial charge on any atom is 0.303 e. The monoisotopic (exact) mass is 261 g/mol. The lowest BCUT2D eigenvalue weighted by atomic mass is 9.69. The Bertz CT molecular complexity index is 492. The maximum atomic E-state index is 10.9. The average Bonchev–Trinajstić information content (AvgIpc) is 2.40. The van der Waals surface area contributed by atoms with Gasteiger partial charge in [0, 0.05) is 6.42 Å². The molecule has 2 unspecified atom stereocenters. The van der Waals surface area contributed by atoms with E-state index >= 15 is 0 Å². The van der Waals surface area contributed by atoms with Crippen LogP contribution in [0.3, 0.4) is 0 Å². The molecule has 0 aliphatic carbocycles. The van der Waals surface area contributed by atoms with Crippen LogP contribution in [0.25, 0.3) is 0 Å². The number of aliphatic carboxylic acids is 1. The molecule has 1 aromatic rings. The van der Waals surface area contributed by atoms with Crippen molar-refractivity contribution < 1.29 is 14.6 Å². The molecule has 0 heterocycles.